The molecule has 37 heavy (non-hydrogen) atoms. The van der Waals surface area contributed by atoms with Crippen LogP contribution in [0.3, 0.4) is 0 Å². The van der Waals surface area contributed by atoms with Gasteiger partial charge in [0.05, 0.1) is 0 Å². The molecule has 0 aromatic heterocycles. The van der Waals surface area contributed by atoms with E-state index in [2.05, 4.69) is 29.5 Å². The molecule has 0 radical (unpaired) electrons. The Hall–Kier alpha value is -2.04. The molecule has 1 saturated heterocycles. The van der Waals surface area contributed by atoms with Gasteiger partial charge in [0.2, 0.25) is 0 Å². The van der Waals surface area contributed by atoms with E-state index in [9.17, 15) is 14.7 Å². The van der Waals surface area contributed by atoms with E-state index in [0.29, 0.717) is 23.5 Å². The first-order chi connectivity index (χ1) is 17.8. The number of hydrogen-bond acceptors (Lipinski definition) is 6. The van der Waals surface area contributed by atoms with Gasteiger partial charge >= 0.3 is 220 Å². The predicted octanol–water partition coefficient (Wildman–Crippen LogP) is 5.25. The van der Waals surface area contributed by atoms with E-state index >= 15 is 0 Å². The van der Waals surface area contributed by atoms with Crippen LogP contribution in [0.4, 0.5) is 4.79 Å². The number of allylic oxidation sites excluding steroid dienone is 4. The summed E-state index contributed by atoms with van der Waals surface area (Å²) < 4.78 is 8.96. The van der Waals surface area contributed by atoms with Crippen LogP contribution in [0, 0.1) is 5.41 Å². The van der Waals surface area contributed by atoms with Crippen molar-refractivity contribution in [2.45, 2.75) is 67.8 Å². The van der Waals surface area contributed by atoms with Gasteiger partial charge in [0, 0.05) is 0 Å². The molecule has 2 aliphatic carbocycles. The van der Waals surface area contributed by atoms with Gasteiger partial charge in [-0.3, -0.25) is 0 Å². The molecule has 5 rings (SSSR count). The molecule has 2 fully saturated rings. The molecule has 1 saturated carbocycles. The van der Waals surface area contributed by atoms with E-state index in [-0.39, 0.29) is 17.1 Å². The van der Waals surface area contributed by atoms with Crippen molar-refractivity contribution in [2.24, 2.45) is 10.6 Å². The molecule has 2 heterocycles. The van der Waals surface area contributed by atoms with Gasteiger partial charge in [-0.25, -0.2) is 0 Å². The molecule has 2 aliphatic heterocycles. The molecule has 200 valence electrons. The minimum atomic E-state index is -1.62. The molecule has 4 atom stereocenters. The number of methoxy groups -OCH3 is 1. The van der Waals surface area contributed by atoms with Gasteiger partial charge in [-0.15, -0.1) is 0 Å². The Bertz CT molecular complexity index is 1160. The first-order valence-electron chi connectivity index (χ1n) is 13.2. The second-order valence-electron chi connectivity index (χ2n) is 10.8. The Morgan fingerprint density at radius 1 is 1.27 bits per heavy atom. The first kappa shape index (κ1) is 26.6. The summed E-state index contributed by atoms with van der Waals surface area (Å²) in [7, 11) is 1.69. The number of amides is 1. The number of alkyl halides is 2. The molecule has 3 unspecified atom stereocenters. The van der Waals surface area contributed by atoms with Crippen LogP contribution in [-0.2, 0) is 14.4 Å². The Labute approximate surface area is 226 Å². The van der Waals surface area contributed by atoms with Gasteiger partial charge in [0.15, 0.2) is 0 Å². The third-order valence-corrected chi connectivity index (χ3v) is 17.1. The number of aliphatic hydroxyl groups is 1. The van der Waals surface area contributed by atoms with E-state index < -0.39 is 31.5 Å². The summed E-state index contributed by atoms with van der Waals surface area (Å²) in [6.45, 7) is 4.99. The van der Waals surface area contributed by atoms with Crippen molar-refractivity contribution in [3.05, 3.63) is 56.2 Å². The van der Waals surface area contributed by atoms with Crippen molar-refractivity contribution in [1.29, 1.82) is 0 Å². The fourth-order valence-corrected chi connectivity index (χ4v) is 16.6. The summed E-state index contributed by atoms with van der Waals surface area (Å²) in [5.74, 6) is 0.491. The molecule has 7 nitrogen and oxygen atoms in total. The predicted molar refractivity (Wildman–Crippen MR) is 152 cm³/mol. The molecule has 1 aromatic carbocycles. The van der Waals surface area contributed by atoms with Crippen LogP contribution >= 0.6 is 19.8 Å². The summed E-state index contributed by atoms with van der Waals surface area (Å²) in [6.07, 6.45) is 8.12. The summed E-state index contributed by atoms with van der Waals surface area (Å²) in [4.78, 5) is 28.5. The monoisotopic (exact) mass is 620 g/mol. The SMILES string of the molecule is CCNC(=O)O/N=C/c1ccc(C2CC3(C)C(CC[C@@]3(O)COC)I3CCC4=CC(=O)CCC4=C23)cc1. The maximum absolute atomic E-state index is 12.2. The van der Waals surface area contributed by atoms with Crippen LogP contribution in [0.2, 0.25) is 0 Å². The average molecular weight is 621 g/mol. The minimum absolute atomic E-state index is 0.186. The second kappa shape index (κ2) is 10.6. The summed E-state index contributed by atoms with van der Waals surface area (Å²) in [6, 6.07) is 8.33. The summed E-state index contributed by atoms with van der Waals surface area (Å²) in [5, 5.41) is 18.2. The molecular weight excluding hydrogens is 583 g/mol. The molecule has 1 aromatic rings. The molecule has 2 N–H and O–H groups in total. The Balaban J connectivity index is 1.51. The van der Waals surface area contributed by atoms with Crippen LogP contribution in [0.15, 0.2) is 50.2 Å². The fraction of sp³-hybridized carbons (Fsp3) is 0.552. The molecule has 0 spiro atoms. The van der Waals surface area contributed by atoms with Gasteiger partial charge in [-0.2, -0.15) is 0 Å². The van der Waals surface area contributed by atoms with E-state index in [4.69, 9.17) is 9.57 Å². The number of oxime groups is 1. The van der Waals surface area contributed by atoms with Crippen molar-refractivity contribution >= 4 is 37.9 Å². The fourth-order valence-electron chi connectivity index (χ4n) is 6.74. The zero-order valence-corrected chi connectivity index (χ0v) is 24.0. The van der Waals surface area contributed by atoms with Crippen molar-refractivity contribution in [2.75, 3.05) is 24.7 Å². The molecule has 8 heteroatoms. The van der Waals surface area contributed by atoms with Crippen LogP contribution in [0.1, 0.15) is 69.4 Å². The number of ether oxygens (including phenoxy) is 1. The van der Waals surface area contributed by atoms with Crippen molar-refractivity contribution in [3.8, 4) is 0 Å². The van der Waals surface area contributed by atoms with Gasteiger partial charge in [-0.05, 0) is 6.92 Å². The molecular formula is C29H37IN2O5. The van der Waals surface area contributed by atoms with Crippen LogP contribution in [0.5, 0.6) is 0 Å². The van der Waals surface area contributed by atoms with Crippen molar-refractivity contribution < 1.29 is 24.3 Å². The van der Waals surface area contributed by atoms with Crippen molar-refractivity contribution in [1.82, 2.24) is 5.32 Å². The number of nitrogens with zero attached hydrogens (tertiary/aromatic N) is 1. The number of halogens is 1. The number of benzene rings is 1. The number of ketones is 1. The number of nitrogens with one attached hydrogen (secondary N) is 1. The molecule has 4 aliphatic rings. The van der Waals surface area contributed by atoms with Gasteiger partial charge in [0.25, 0.3) is 0 Å². The van der Waals surface area contributed by atoms with E-state index in [1.807, 2.05) is 25.1 Å². The normalized spacial score (nSPS) is 32.1. The van der Waals surface area contributed by atoms with Gasteiger partial charge < -0.3 is 0 Å². The summed E-state index contributed by atoms with van der Waals surface area (Å²) in [5.41, 5.74) is 3.84. The maximum atomic E-state index is 12.2. The number of carbonyl (C=O) groups excluding carboxylic acids is 2. The van der Waals surface area contributed by atoms with E-state index in [1.165, 1.54) is 21.1 Å². The topological polar surface area (TPSA) is 97.2 Å². The molecule has 0 bridgehead atoms. The third-order valence-electron chi connectivity index (χ3n) is 8.66. The Kier molecular flexibility index (Phi) is 7.62. The number of rotatable bonds is 6. The number of carbonyl (C=O) groups is 2. The van der Waals surface area contributed by atoms with E-state index in [0.717, 1.165) is 37.7 Å². The zero-order chi connectivity index (χ0) is 26.2. The standard InChI is InChI=1S/C29H37IN2O5/c1-4-31-27(34)37-32-17-19-5-7-20(8-6-19)24-16-28(2)25(11-13-29(28,35)18-36-3)30-14-12-21-15-22(33)9-10-23(21)26(24)30/h5-8,15,17,24-25,35H,4,9-14,16,18H2,1-3H3,(H,31,34)/b32-17+/t24?,25?,28?,29-/m1/s1. The van der Waals surface area contributed by atoms with Crippen molar-refractivity contribution in [3.63, 3.8) is 0 Å². The molecule has 1 amide bonds. The van der Waals surface area contributed by atoms with Crippen LogP contribution < -0.4 is 5.32 Å². The first-order valence-corrected chi connectivity index (χ1v) is 17.0. The summed E-state index contributed by atoms with van der Waals surface area (Å²) >= 11 is -1.62. The van der Waals surface area contributed by atoms with Crippen LogP contribution in [-0.4, -0.2) is 57.4 Å². The van der Waals surface area contributed by atoms with E-state index in [1.54, 1.807) is 16.9 Å². The number of fused-ring (bicyclic) bond motifs is 4. The second-order valence-corrected chi connectivity index (χ2v) is 16.8. The Morgan fingerprint density at radius 2 is 2.05 bits per heavy atom. The third kappa shape index (κ3) is 4.81. The number of hydrogen-bond donors (Lipinski definition) is 2. The van der Waals surface area contributed by atoms with Crippen LogP contribution in [0.25, 0.3) is 0 Å². The quantitative estimate of drug-likeness (QED) is 0.149. The zero-order valence-electron chi connectivity index (χ0n) is 21.9. The van der Waals surface area contributed by atoms with Gasteiger partial charge in [0.1, 0.15) is 0 Å². The average Bonchev–Trinajstić information content (AvgIpc) is 3.14. The Morgan fingerprint density at radius 3 is 2.78 bits per heavy atom. The van der Waals surface area contributed by atoms with Gasteiger partial charge in [-0.1, -0.05) is 0 Å².